The fourth-order valence-corrected chi connectivity index (χ4v) is 3.62. The van der Waals surface area contributed by atoms with Crippen molar-refractivity contribution in [1.29, 1.82) is 0 Å². The molecule has 5 nitrogen and oxygen atoms in total. The first-order chi connectivity index (χ1) is 16.2. The molecule has 0 amide bonds. The van der Waals surface area contributed by atoms with Crippen LogP contribution in [0.2, 0.25) is 0 Å². The second-order valence-corrected chi connectivity index (χ2v) is 7.88. The van der Waals surface area contributed by atoms with Gasteiger partial charge < -0.3 is 9.15 Å². The molecule has 0 unspecified atom stereocenters. The zero-order valence-corrected chi connectivity index (χ0v) is 18.2. The van der Waals surface area contributed by atoms with Crippen molar-refractivity contribution < 1.29 is 13.9 Å². The number of carbonyl (C=O) groups is 1. The Balaban J connectivity index is 1.31. The fraction of sp³-hybridized carbons (Fsp3) is 0.107. The number of nitrogens with zero attached hydrogens (tertiary/aromatic N) is 2. The molecule has 5 heteroatoms. The number of para-hydroxylation sites is 2. The largest absolute Gasteiger partial charge is 0.457 e. The molecule has 5 rings (SSSR count). The number of rotatable bonds is 7. The minimum atomic E-state index is -0.167. The maximum atomic E-state index is 12.8. The maximum absolute atomic E-state index is 12.8. The van der Waals surface area contributed by atoms with Crippen LogP contribution in [-0.2, 0) is 6.42 Å². The number of aromatic nitrogens is 2. The summed E-state index contributed by atoms with van der Waals surface area (Å²) in [5.74, 6) is 1.41. The Bertz CT molecular complexity index is 1410. The van der Waals surface area contributed by atoms with E-state index in [-0.39, 0.29) is 18.1 Å². The van der Waals surface area contributed by atoms with Crippen LogP contribution in [0.3, 0.4) is 0 Å². The van der Waals surface area contributed by atoms with Gasteiger partial charge in [-0.15, -0.1) is 0 Å². The van der Waals surface area contributed by atoms with Crippen LogP contribution in [0.1, 0.15) is 28.2 Å². The Labute approximate surface area is 191 Å². The van der Waals surface area contributed by atoms with Gasteiger partial charge in [-0.1, -0.05) is 66.2 Å². The summed E-state index contributed by atoms with van der Waals surface area (Å²) < 4.78 is 11.8. The van der Waals surface area contributed by atoms with Crippen LogP contribution in [0.5, 0.6) is 11.5 Å². The first-order valence-corrected chi connectivity index (χ1v) is 10.8. The van der Waals surface area contributed by atoms with Crippen LogP contribution in [0.4, 0.5) is 0 Å². The fourth-order valence-electron chi connectivity index (χ4n) is 3.62. The van der Waals surface area contributed by atoms with E-state index in [1.54, 1.807) is 6.20 Å². The van der Waals surface area contributed by atoms with Gasteiger partial charge in [0, 0.05) is 18.2 Å². The van der Waals surface area contributed by atoms with Crippen molar-refractivity contribution in [1.82, 2.24) is 9.97 Å². The van der Waals surface area contributed by atoms with E-state index >= 15 is 0 Å². The van der Waals surface area contributed by atoms with E-state index in [1.165, 1.54) is 5.56 Å². The van der Waals surface area contributed by atoms with Crippen LogP contribution in [0.15, 0.2) is 95.5 Å². The highest BCUT2D eigenvalue weighted by Crippen LogP contribution is 2.27. The highest BCUT2D eigenvalue weighted by atomic mass is 16.5. The van der Waals surface area contributed by atoms with E-state index in [0.29, 0.717) is 17.7 Å². The molecular formula is C28H22N2O3. The summed E-state index contributed by atoms with van der Waals surface area (Å²) in [4.78, 5) is 21.5. The third-order valence-electron chi connectivity index (χ3n) is 5.44. The van der Waals surface area contributed by atoms with Crippen molar-refractivity contribution >= 4 is 17.0 Å². The molecule has 0 bridgehead atoms. The summed E-state index contributed by atoms with van der Waals surface area (Å²) in [6.45, 7) is 2.05. The normalized spacial score (nSPS) is 10.9. The number of benzene rings is 3. The molecule has 162 valence electrons. The molecule has 0 N–H and O–H groups in total. The van der Waals surface area contributed by atoms with Gasteiger partial charge in [-0.05, 0) is 48.7 Å². The molecule has 0 aliphatic rings. The van der Waals surface area contributed by atoms with E-state index in [9.17, 15) is 4.79 Å². The van der Waals surface area contributed by atoms with Gasteiger partial charge in [0.05, 0.1) is 0 Å². The van der Waals surface area contributed by atoms with Crippen LogP contribution in [-0.4, -0.2) is 15.8 Å². The summed E-state index contributed by atoms with van der Waals surface area (Å²) in [6.07, 6.45) is 2.52. The molecule has 0 atom stereocenters. The molecule has 0 saturated carbocycles. The van der Waals surface area contributed by atoms with E-state index in [1.807, 2.05) is 91.9 Å². The number of oxazole rings is 1. The van der Waals surface area contributed by atoms with Crippen molar-refractivity contribution in [3.63, 3.8) is 0 Å². The van der Waals surface area contributed by atoms with Crippen LogP contribution in [0, 0.1) is 6.92 Å². The molecule has 0 aliphatic heterocycles. The number of carbonyl (C=O) groups excluding carboxylic acids is 1. The van der Waals surface area contributed by atoms with E-state index in [2.05, 4.69) is 9.97 Å². The lowest BCUT2D eigenvalue weighted by atomic mass is 10.1. The highest BCUT2D eigenvalue weighted by molar-refractivity contribution is 5.94. The maximum Gasteiger partial charge on any atom is 0.265 e. The van der Waals surface area contributed by atoms with Crippen molar-refractivity contribution in [2.45, 2.75) is 19.8 Å². The van der Waals surface area contributed by atoms with Crippen LogP contribution in [0.25, 0.3) is 22.4 Å². The summed E-state index contributed by atoms with van der Waals surface area (Å²) in [5, 5.41) is 0. The van der Waals surface area contributed by atoms with Crippen LogP contribution < -0.4 is 4.74 Å². The quantitative estimate of drug-likeness (QED) is 0.263. The summed E-state index contributed by atoms with van der Waals surface area (Å²) in [5.41, 5.74) is 5.03. The summed E-state index contributed by atoms with van der Waals surface area (Å²) in [7, 11) is 0. The van der Waals surface area contributed by atoms with Gasteiger partial charge in [-0.3, -0.25) is 4.79 Å². The lowest BCUT2D eigenvalue weighted by Gasteiger charge is -2.10. The van der Waals surface area contributed by atoms with E-state index < -0.39 is 0 Å². The monoisotopic (exact) mass is 434 g/mol. The van der Waals surface area contributed by atoms with Crippen molar-refractivity contribution in [3.8, 4) is 22.6 Å². The first kappa shape index (κ1) is 20.6. The molecule has 0 aliphatic carbocycles. The molecule has 0 spiro atoms. The van der Waals surface area contributed by atoms with Gasteiger partial charge >= 0.3 is 0 Å². The molecule has 0 radical (unpaired) electrons. The molecule has 2 heterocycles. The SMILES string of the molecule is Cc1ccc(-c2cnc3nc(C(=O)CCc4ccccc4Oc4ccccc4)oc3c2)cc1. The van der Waals surface area contributed by atoms with Gasteiger partial charge in [-0.25, -0.2) is 4.98 Å². The van der Waals surface area contributed by atoms with E-state index in [4.69, 9.17) is 9.15 Å². The number of Topliss-reactive ketones (excluding diaryl/α,β-unsaturated/α-hetero) is 1. The summed E-state index contributed by atoms with van der Waals surface area (Å²) >= 11 is 0. The average molecular weight is 434 g/mol. The Morgan fingerprint density at radius 2 is 1.67 bits per heavy atom. The number of pyridine rings is 1. The molecule has 5 aromatic rings. The first-order valence-electron chi connectivity index (χ1n) is 10.8. The lowest BCUT2D eigenvalue weighted by molar-refractivity contribution is 0.0951. The Morgan fingerprint density at radius 1 is 0.909 bits per heavy atom. The van der Waals surface area contributed by atoms with Gasteiger partial charge in [0.15, 0.2) is 11.2 Å². The Hall–Kier alpha value is -4.25. The van der Waals surface area contributed by atoms with Gasteiger partial charge in [0.2, 0.25) is 5.78 Å². The average Bonchev–Trinajstić information content (AvgIpc) is 3.28. The van der Waals surface area contributed by atoms with Gasteiger partial charge in [0.25, 0.3) is 5.89 Å². The number of ketones is 1. The van der Waals surface area contributed by atoms with Crippen LogP contribution >= 0.6 is 0 Å². The number of hydrogen-bond acceptors (Lipinski definition) is 5. The molecule has 2 aromatic heterocycles. The van der Waals surface area contributed by atoms with Crippen molar-refractivity contribution in [2.24, 2.45) is 0 Å². The topological polar surface area (TPSA) is 65.2 Å². The smallest absolute Gasteiger partial charge is 0.265 e. The number of ether oxygens (including phenoxy) is 1. The number of fused-ring (bicyclic) bond motifs is 1. The van der Waals surface area contributed by atoms with E-state index in [0.717, 1.165) is 28.2 Å². The third-order valence-corrected chi connectivity index (χ3v) is 5.44. The second kappa shape index (κ2) is 9.09. The zero-order valence-electron chi connectivity index (χ0n) is 18.2. The summed E-state index contributed by atoms with van der Waals surface area (Å²) in [6, 6.07) is 27.4. The minimum absolute atomic E-state index is 0.0833. The molecule has 0 fully saturated rings. The molecule has 0 saturated heterocycles. The predicted octanol–water partition coefficient (Wildman–Crippen LogP) is 6.81. The Kier molecular flexibility index (Phi) is 5.68. The van der Waals surface area contributed by atoms with Gasteiger partial charge in [0.1, 0.15) is 11.5 Å². The lowest BCUT2D eigenvalue weighted by Crippen LogP contribution is -2.02. The third kappa shape index (κ3) is 4.67. The highest BCUT2D eigenvalue weighted by Gasteiger charge is 2.17. The minimum Gasteiger partial charge on any atom is -0.457 e. The molecular weight excluding hydrogens is 412 g/mol. The number of aryl methyl sites for hydroxylation is 2. The second-order valence-electron chi connectivity index (χ2n) is 7.88. The molecule has 33 heavy (non-hydrogen) atoms. The molecule has 3 aromatic carbocycles. The Morgan fingerprint density at radius 3 is 2.48 bits per heavy atom. The predicted molar refractivity (Wildman–Crippen MR) is 128 cm³/mol. The number of hydrogen-bond donors (Lipinski definition) is 0. The zero-order chi connectivity index (χ0) is 22.6. The van der Waals surface area contributed by atoms with Crippen molar-refractivity contribution in [3.05, 3.63) is 108 Å². The van der Waals surface area contributed by atoms with Gasteiger partial charge in [-0.2, -0.15) is 4.98 Å². The van der Waals surface area contributed by atoms with Crippen molar-refractivity contribution in [2.75, 3.05) is 0 Å². The standard InChI is InChI=1S/C28H22N2O3/c1-19-11-13-20(14-12-19)22-17-26-27(29-18-22)30-28(33-26)24(31)16-15-21-7-5-6-10-25(21)32-23-8-3-2-4-9-23/h2-14,17-18H,15-16H2,1H3.